The number of benzene rings is 3. The number of hydrogen-bond acceptors (Lipinski definition) is 6. The molecule has 0 aliphatic carbocycles. The van der Waals surface area contributed by atoms with Crippen LogP contribution in [0.25, 0.3) is 10.9 Å². The topological polar surface area (TPSA) is 95.0 Å². The number of aliphatic carboxylic acids is 1. The van der Waals surface area contributed by atoms with E-state index in [1.54, 1.807) is 25.1 Å². The van der Waals surface area contributed by atoms with Crippen LogP contribution >= 0.6 is 0 Å². The molecular formula is C32H31NO6. The average Bonchev–Trinajstić information content (AvgIpc) is 2.93. The minimum Gasteiger partial charge on any atom is -0.489 e. The maximum Gasteiger partial charge on any atom is 0.306 e. The number of ketones is 1. The Bertz CT molecular complexity index is 1520. The van der Waals surface area contributed by atoms with E-state index < -0.39 is 17.5 Å². The minimum absolute atomic E-state index is 0.0590. The Hall–Kier alpha value is -4.39. The van der Waals surface area contributed by atoms with Crippen LogP contribution in [0.4, 0.5) is 0 Å². The third kappa shape index (κ3) is 6.20. The van der Waals surface area contributed by atoms with Gasteiger partial charge in [0.15, 0.2) is 5.78 Å². The molecule has 0 amide bonds. The van der Waals surface area contributed by atoms with E-state index in [4.69, 9.17) is 14.2 Å². The van der Waals surface area contributed by atoms with Crippen LogP contribution in [0, 0.1) is 5.92 Å². The number of hydrogen-bond donors (Lipinski definition) is 1. The molecule has 3 aromatic carbocycles. The first-order valence-corrected chi connectivity index (χ1v) is 13.1. The van der Waals surface area contributed by atoms with Gasteiger partial charge in [0.25, 0.3) is 0 Å². The smallest absolute Gasteiger partial charge is 0.306 e. The fourth-order valence-corrected chi connectivity index (χ4v) is 4.92. The zero-order chi connectivity index (χ0) is 27.4. The molecule has 7 nitrogen and oxygen atoms in total. The number of aromatic nitrogens is 1. The van der Waals surface area contributed by atoms with Gasteiger partial charge >= 0.3 is 5.97 Å². The Labute approximate surface area is 227 Å². The zero-order valence-electron chi connectivity index (χ0n) is 22.1. The number of Topliss-reactive ketones (excluding diaryl/α,β-unsaturated/α-hetero) is 1. The predicted octanol–water partition coefficient (Wildman–Crippen LogP) is 6.62. The largest absolute Gasteiger partial charge is 0.489 e. The number of carboxylic acids is 1. The molecule has 200 valence electrons. The van der Waals surface area contributed by atoms with Crippen LogP contribution in [-0.4, -0.2) is 27.4 Å². The molecule has 0 saturated heterocycles. The first-order valence-electron chi connectivity index (χ1n) is 13.1. The molecule has 2 heterocycles. The number of carboxylic acid groups (broad SMARTS) is 1. The molecule has 0 bridgehead atoms. The quantitative estimate of drug-likeness (QED) is 0.249. The summed E-state index contributed by atoms with van der Waals surface area (Å²) < 4.78 is 18.2. The fraction of sp³-hybridized carbons (Fsp3) is 0.281. The van der Waals surface area contributed by atoms with E-state index in [0.29, 0.717) is 42.4 Å². The number of nitrogens with zero attached hydrogens (tertiary/aromatic N) is 1. The molecule has 7 heteroatoms. The third-order valence-electron chi connectivity index (χ3n) is 7.01. The first-order chi connectivity index (χ1) is 18.8. The Morgan fingerprint density at radius 2 is 1.79 bits per heavy atom. The number of ether oxygens (including phenoxy) is 3. The summed E-state index contributed by atoms with van der Waals surface area (Å²) in [7, 11) is 0. The second kappa shape index (κ2) is 11.2. The van der Waals surface area contributed by atoms with Crippen LogP contribution < -0.4 is 14.2 Å². The maximum absolute atomic E-state index is 12.8. The van der Waals surface area contributed by atoms with Crippen molar-refractivity contribution in [2.24, 2.45) is 5.92 Å². The van der Waals surface area contributed by atoms with Gasteiger partial charge in [0.1, 0.15) is 36.1 Å². The van der Waals surface area contributed by atoms with E-state index in [1.807, 2.05) is 67.6 Å². The van der Waals surface area contributed by atoms with Crippen molar-refractivity contribution in [2.75, 3.05) is 0 Å². The lowest BCUT2D eigenvalue weighted by molar-refractivity contribution is -0.143. The molecule has 5 rings (SSSR count). The molecule has 2 atom stereocenters. The molecule has 1 N–H and O–H groups in total. The molecule has 1 aliphatic rings. The standard InChI is InChI=1S/C32H31NO6/c1-3-22(31(35)36)17-32(2)18-29(34)27-14-13-26(16-30(27)39-32)37-19-21-7-6-9-25(15-21)38-20-24-12-11-23-8-4-5-10-28(23)33-24/h4-16,22H,3,17-20H2,1-2H3,(H,35,36). The summed E-state index contributed by atoms with van der Waals surface area (Å²) in [6.07, 6.45) is 0.877. The highest BCUT2D eigenvalue weighted by molar-refractivity contribution is 6.00. The number of pyridine rings is 1. The summed E-state index contributed by atoms with van der Waals surface area (Å²) >= 11 is 0. The van der Waals surface area contributed by atoms with Gasteiger partial charge in [-0.15, -0.1) is 0 Å². The van der Waals surface area contributed by atoms with Crippen LogP contribution in [0.2, 0.25) is 0 Å². The highest BCUT2D eigenvalue weighted by atomic mass is 16.5. The molecule has 0 spiro atoms. The van der Waals surface area contributed by atoms with Crippen molar-refractivity contribution in [1.82, 2.24) is 4.98 Å². The van der Waals surface area contributed by atoms with Gasteiger partial charge in [0, 0.05) is 17.9 Å². The molecule has 39 heavy (non-hydrogen) atoms. The molecule has 2 unspecified atom stereocenters. The molecule has 0 fully saturated rings. The minimum atomic E-state index is -0.882. The fourth-order valence-electron chi connectivity index (χ4n) is 4.92. The second-order valence-electron chi connectivity index (χ2n) is 10.2. The molecule has 1 aliphatic heterocycles. The molecule has 0 radical (unpaired) electrons. The van der Waals surface area contributed by atoms with Crippen LogP contribution in [0.15, 0.2) is 78.9 Å². The van der Waals surface area contributed by atoms with Crippen molar-refractivity contribution in [2.45, 2.75) is 51.9 Å². The van der Waals surface area contributed by atoms with Crippen LogP contribution in [-0.2, 0) is 18.0 Å². The molecule has 0 saturated carbocycles. The number of fused-ring (bicyclic) bond motifs is 2. The molecule has 4 aromatic rings. The normalized spacial score (nSPS) is 17.2. The van der Waals surface area contributed by atoms with E-state index in [-0.39, 0.29) is 18.6 Å². The first kappa shape index (κ1) is 26.2. The van der Waals surface area contributed by atoms with E-state index in [0.717, 1.165) is 22.2 Å². The lowest BCUT2D eigenvalue weighted by Crippen LogP contribution is -2.42. The molecule has 1 aromatic heterocycles. The van der Waals surface area contributed by atoms with Gasteiger partial charge in [-0.05, 0) is 55.3 Å². The van der Waals surface area contributed by atoms with Gasteiger partial charge in [-0.1, -0.05) is 43.3 Å². The van der Waals surface area contributed by atoms with Crippen molar-refractivity contribution in [1.29, 1.82) is 0 Å². The number of carbonyl (C=O) groups is 2. The van der Waals surface area contributed by atoms with E-state index in [2.05, 4.69) is 4.98 Å². The summed E-state index contributed by atoms with van der Waals surface area (Å²) in [5, 5.41) is 10.6. The van der Waals surface area contributed by atoms with Crippen LogP contribution in [0.3, 0.4) is 0 Å². The Balaban J connectivity index is 1.22. The van der Waals surface area contributed by atoms with Gasteiger partial charge in [-0.2, -0.15) is 0 Å². The summed E-state index contributed by atoms with van der Waals surface area (Å²) in [6.45, 7) is 4.27. The Morgan fingerprint density at radius 3 is 2.62 bits per heavy atom. The lowest BCUT2D eigenvalue weighted by atomic mass is 9.83. The van der Waals surface area contributed by atoms with Gasteiger partial charge in [-0.25, -0.2) is 4.98 Å². The maximum atomic E-state index is 12.8. The summed E-state index contributed by atoms with van der Waals surface area (Å²) in [5.74, 6) is 0.184. The van der Waals surface area contributed by atoms with E-state index >= 15 is 0 Å². The summed E-state index contributed by atoms with van der Waals surface area (Å²) in [6, 6.07) is 24.8. The second-order valence-corrected chi connectivity index (χ2v) is 10.2. The van der Waals surface area contributed by atoms with Crippen molar-refractivity contribution < 1.29 is 28.9 Å². The SMILES string of the molecule is CCC(CC1(C)CC(=O)c2ccc(OCc3cccc(OCc4ccc5ccccc5n4)c3)cc2O1)C(=O)O. The van der Waals surface area contributed by atoms with Gasteiger partial charge in [0.05, 0.1) is 29.1 Å². The predicted molar refractivity (Wildman–Crippen MR) is 147 cm³/mol. The lowest BCUT2D eigenvalue weighted by Gasteiger charge is -2.36. The number of rotatable bonds is 10. The van der Waals surface area contributed by atoms with Crippen molar-refractivity contribution in [3.63, 3.8) is 0 Å². The highest BCUT2D eigenvalue weighted by Gasteiger charge is 2.39. The van der Waals surface area contributed by atoms with Crippen molar-refractivity contribution >= 4 is 22.7 Å². The van der Waals surface area contributed by atoms with Gasteiger partial charge in [-0.3, -0.25) is 9.59 Å². The van der Waals surface area contributed by atoms with Gasteiger partial charge in [0.2, 0.25) is 0 Å². The van der Waals surface area contributed by atoms with Gasteiger partial charge < -0.3 is 19.3 Å². The van der Waals surface area contributed by atoms with Crippen LogP contribution in [0.5, 0.6) is 17.2 Å². The van der Waals surface area contributed by atoms with E-state index in [9.17, 15) is 14.7 Å². The number of carbonyl (C=O) groups excluding carboxylic acids is 1. The molecular weight excluding hydrogens is 494 g/mol. The van der Waals surface area contributed by atoms with Crippen LogP contribution in [0.1, 0.15) is 54.7 Å². The van der Waals surface area contributed by atoms with Crippen molar-refractivity contribution in [3.05, 3.63) is 95.7 Å². The highest BCUT2D eigenvalue weighted by Crippen LogP contribution is 2.39. The third-order valence-corrected chi connectivity index (χ3v) is 7.01. The van der Waals surface area contributed by atoms with Crippen molar-refractivity contribution in [3.8, 4) is 17.2 Å². The average molecular weight is 526 g/mol. The Morgan fingerprint density at radius 1 is 1.00 bits per heavy atom. The summed E-state index contributed by atoms with van der Waals surface area (Å²) in [5.41, 5.74) is 2.31. The zero-order valence-corrected chi connectivity index (χ0v) is 22.1. The summed E-state index contributed by atoms with van der Waals surface area (Å²) in [4.78, 5) is 29.0. The van der Waals surface area contributed by atoms with E-state index in [1.165, 1.54) is 0 Å². The monoisotopic (exact) mass is 525 g/mol. The number of para-hydroxylation sites is 1. The Kier molecular flexibility index (Phi) is 7.50.